The number of carbonyl (C=O) groups is 2. The number of pyridine rings is 1. The smallest absolute Gasteiger partial charge is 0.410 e. The first-order valence-electron chi connectivity index (χ1n) is 12.7. The van der Waals surface area contributed by atoms with Crippen LogP contribution in [0.25, 0.3) is 0 Å². The molecule has 0 spiro atoms. The lowest BCUT2D eigenvalue weighted by atomic mass is 10.0. The summed E-state index contributed by atoms with van der Waals surface area (Å²) in [5.74, 6) is -0.313. The summed E-state index contributed by atoms with van der Waals surface area (Å²) in [5.41, 5.74) is 2.28. The van der Waals surface area contributed by atoms with Crippen molar-refractivity contribution < 1.29 is 14.3 Å². The minimum atomic E-state index is -0.646. The number of hydrogen-bond acceptors (Lipinski definition) is 6. The second-order valence-electron chi connectivity index (χ2n) is 10.2. The predicted octanol–water partition coefficient (Wildman–Crippen LogP) is 3.61. The van der Waals surface area contributed by atoms with E-state index in [1.807, 2.05) is 32.9 Å². The molecule has 1 N–H and O–H groups in total. The minimum Gasteiger partial charge on any atom is -0.444 e. The van der Waals surface area contributed by atoms with Crippen LogP contribution >= 0.6 is 0 Å². The van der Waals surface area contributed by atoms with E-state index in [1.165, 1.54) is 4.90 Å². The molecular weight excluding hydrogens is 430 g/mol. The highest BCUT2D eigenvalue weighted by Gasteiger charge is 2.35. The summed E-state index contributed by atoms with van der Waals surface area (Å²) < 4.78 is 5.63. The molecule has 8 heteroatoms. The Hall–Kier alpha value is -2.48. The molecule has 1 heterocycles. The number of aromatic nitrogens is 1. The highest BCUT2D eigenvalue weighted by Crippen LogP contribution is 2.33. The van der Waals surface area contributed by atoms with Gasteiger partial charge in [0, 0.05) is 19.3 Å². The van der Waals surface area contributed by atoms with Gasteiger partial charge in [0.05, 0.1) is 23.4 Å². The average Bonchev–Trinajstić information content (AvgIpc) is 3.57. The van der Waals surface area contributed by atoms with Gasteiger partial charge in [-0.25, -0.2) is 4.79 Å². The molecule has 2 amide bonds. The molecular formula is C26H41N5O3. The first-order valence-corrected chi connectivity index (χ1v) is 12.7. The monoisotopic (exact) mass is 471 g/mol. The number of aliphatic imine (C=N–C) groups is 1. The van der Waals surface area contributed by atoms with Crippen molar-refractivity contribution in [2.45, 2.75) is 77.9 Å². The van der Waals surface area contributed by atoms with E-state index in [2.05, 4.69) is 29.0 Å². The number of ether oxygens (including phenoxy) is 1. The van der Waals surface area contributed by atoms with E-state index in [0.29, 0.717) is 19.1 Å². The number of amides is 2. The Kier molecular flexibility index (Phi) is 9.05. The van der Waals surface area contributed by atoms with Crippen LogP contribution in [0.3, 0.4) is 0 Å². The topological polar surface area (TPSA) is 87.1 Å². The lowest BCUT2D eigenvalue weighted by molar-refractivity contribution is -0.122. The molecule has 0 saturated heterocycles. The van der Waals surface area contributed by atoms with Gasteiger partial charge in [-0.2, -0.15) is 0 Å². The quantitative estimate of drug-likeness (QED) is 0.471. The number of unbranched alkanes of at least 4 members (excludes halogenated alkanes) is 1. The van der Waals surface area contributed by atoms with Gasteiger partial charge in [-0.3, -0.25) is 19.7 Å². The van der Waals surface area contributed by atoms with E-state index in [-0.39, 0.29) is 18.4 Å². The normalized spacial score (nSPS) is 18.4. The fourth-order valence-electron chi connectivity index (χ4n) is 4.09. The van der Waals surface area contributed by atoms with Crippen LogP contribution in [0.4, 0.5) is 4.79 Å². The van der Waals surface area contributed by atoms with Crippen molar-refractivity contribution in [1.29, 1.82) is 0 Å². The Bertz CT molecular complexity index is 871. The van der Waals surface area contributed by atoms with Crippen molar-refractivity contribution in [3.05, 3.63) is 29.6 Å². The SMILES string of the molecule is CCN(CC)CCCCNC(=O)CN(CC1C(=NC2CC2)c2ccnc1c2)C(=O)OC(C)(C)C. The zero-order valence-electron chi connectivity index (χ0n) is 21.5. The van der Waals surface area contributed by atoms with Gasteiger partial charge in [0.2, 0.25) is 5.91 Å². The van der Waals surface area contributed by atoms with Gasteiger partial charge in [0.15, 0.2) is 0 Å². The molecule has 34 heavy (non-hydrogen) atoms. The molecule has 1 fully saturated rings. The van der Waals surface area contributed by atoms with Gasteiger partial charge in [-0.15, -0.1) is 0 Å². The van der Waals surface area contributed by atoms with Crippen LogP contribution in [-0.4, -0.2) is 83.4 Å². The number of rotatable bonds is 12. The maximum Gasteiger partial charge on any atom is 0.410 e. The summed E-state index contributed by atoms with van der Waals surface area (Å²) in [6.45, 7) is 13.8. The molecule has 2 aliphatic rings. The molecule has 1 saturated carbocycles. The molecule has 2 bridgehead atoms. The minimum absolute atomic E-state index is 0.0474. The lowest BCUT2D eigenvalue weighted by Crippen LogP contribution is -2.45. The summed E-state index contributed by atoms with van der Waals surface area (Å²) in [4.78, 5) is 39.1. The fourth-order valence-corrected chi connectivity index (χ4v) is 4.09. The third kappa shape index (κ3) is 7.79. The largest absolute Gasteiger partial charge is 0.444 e. The molecule has 8 nitrogen and oxygen atoms in total. The summed E-state index contributed by atoms with van der Waals surface area (Å²) in [6, 6.07) is 4.36. The van der Waals surface area contributed by atoms with Gasteiger partial charge in [-0.05, 0) is 83.8 Å². The van der Waals surface area contributed by atoms with E-state index in [4.69, 9.17) is 9.73 Å². The maximum atomic E-state index is 13.0. The van der Waals surface area contributed by atoms with Gasteiger partial charge in [0.25, 0.3) is 0 Å². The van der Waals surface area contributed by atoms with Crippen LogP contribution in [0.15, 0.2) is 23.3 Å². The third-order valence-corrected chi connectivity index (χ3v) is 6.14. The molecule has 1 unspecified atom stereocenters. The van der Waals surface area contributed by atoms with Crippen molar-refractivity contribution in [1.82, 2.24) is 20.1 Å². The number of nitrogens with one attached hydrogen (secondary N) is 1. The zero-order chi connectivity index (χ0) is 24.7. The highest BCUT2D eigenvalue weighted by atomic mass is 16.6. The number of nitrogens with zero attached hydrogens (tertiary/aromatic N) is 4. The van der Waals surface area contributed by atoms with Crippen molar-refractivity contribution in [2.24, 2.45) is 4.99 Å². The number of hydrogen-bond donors (Lipinski definition) is 1. The van der Waals surface area contributed by atoms with E-state index >= 15 is 0 Å². The first kappa shape index (κ1) is 26.1. The average molecular weight is 472 g/mol. The summed E-state index contributed by atoms with van der Waals surface area (Å²) in [5, 5.41) is 2.97. The van der Waals surface area contributed by atoms with Crippen LogP contribution in [-0.2, 0) is 9.53 Å². The predicted molar refractivity (Wildman–Crippen MR) is 134 cm³/mol. The van der Waals surface area contributed by atoms with Crippen LogP contribution in [0.2, 0.25) is 0 Å². The zero-order valence-corrected chi connectivity index (χ0v) is 21.5. The lowest BCUT2D eigenvalue weighted by Gasteiger charge is -2.29. The first-order chi connectivity index (χ1) is 16.2. The molecule has 1 aromatic heterocycles. The van der Waals surface area contributed by atoms with E-state index < -0.39 is 11.7 Å². The van der Waals surface area contributed by atoms with Crippen molar-refractivity contribution in [3.8, 4) is 0 Å². The molecule has 188 valence electrons. The van der Waals surface area contributed by atoms with Crippen molar-refractivity contribution in [3.63, 3.8) is 0 Å². The Balaban J connectivity index is 1.61. The molecule has 0 aromatic carbocycles. The highest BCUT2D eigenvalue weighted by molar-refractivity contribution is 6.08. The van der Waals surface area contributed by atoms with Gasteiger partial charge in [0.1, 0.15) is 12.1 Å². The Morgan fingerprint density at radius 2 is 1.94 bits per heavy atom. The third-order valence-electron chi connectivity index (χ3n) is 6.14. The maximum absolute atomic E-state index is 13.0. The molecule has 2 aliphatic carbocycles. The second kappa shape index (κ2) is 11.8. The Morgan fingerprint density at radius 1 is 1.21 bits per heavy atom. The van der Waals surface area contributed by atoms with Crippen LogP contribution in [0.5, 0.6) is 0 Å². The molecule has 0 radical (unpaired) electrons. The number of fused-ring (bicyclic) bond motifs is 2. The van der Waals surface area contributed by atoms with Crippen LogP contribution in [0, 0.1) is 0 Å². The van der Waals surface area contributed by atoms with Gasteiger partial charge in [-0.1, -0.05) is 13.8 Å². The van der Waals surface area contributed by atoms with Crippen molar-refractivity contribution >= 4 is 17.7 Å². The Morgan fingerprint density at radius 3 is 2.59 bits per heavy atom. The summed E-state index contributed by atoms with van der Waals surface area (Å²) >= 11 is 0. The van der Waals surface area contributed by atoms with Crippen LogP contribution < -0.4 is 5.32 Å². The Labute approximate surface area is 204 Å². The second-order valence-corrected chi connectivity index (χ2v) is 10.2. The van der Waals surface area contributed by atoms with Gasteiger partial charge < -0.3 is 15.0 Å². The fraction of sp³-hybridized carbons (Fsp3) is 0.692. The van der Waals surface area contributed by atoms with E-state index in [0.717, 1.165) is 62.3 Å². The standard InChI is InChI=1S/C26H41N5O3/c1-6-30(7-2)15-9-8-13-28-23(32)18-31(25(33)34-26(3,4)5)17-21-22-16-19(12-14-27-22)24(21)29-20-10-11-20/h12,14,16,20-21H,6-11,13,15,17-18H2,1-5H3,(H,28,32). The summed E-state index contributed by atoms with van der Waals surface area (Å²) in [7, 11) is 0. The van der Waals surface area contributed by atoms with E-state index in [1.54, 1.807) is 6.20 Å². The van der Waals surface area contributed by atoms with Crippen molar-refractivity contribution in [2.75, 3.05) is 39.3 Å². The van der Waals surface area contributed by atoms with Crippen LogP contribution in [0.1, 0.15) is 77.5 Å². The summed E-state index contributed by atoms with van der Waals surface area (Å²) in [6.07, 6.45) is 5.44. The molecule has 0 aliphatic heterocycles. The van der Waals surface area contributed by atoms with E-state index in [9.17, 15) is 9.59 Å². The van der Waals surface area contributed by atoms with Gasteiger partial charge >= 0.3 is 6.09 Å². The molecule has 1 atom stereocenters. The number of carbonyl (C=O) groups excluding carboxylic acids is 2. The molecule has 3 rings (SSSR count). The molecule has 1 aromatic rings.